The normalized spacial score (nSPS) is 12.2. The van der Waals surface area contributed by atoms with Crippen molar-refractivity contribution in [3.63, 3.8) is 0 Å². The summed E-state index contributed by atoms with van der Waals surface area (Å²) >= 11 is 0. The zero-order valence-electron chi connectivity index (χ0n) is 27.9. The molecule has 4 heteroatoms. The van der Waals surface area contributed by atoms with Gasteiger partial charge in [0.05, 0.1) is 27.8 Å². The van der Waals surface area contributed by atoms with E-state index in [1.165, 1.54) is 27.4 Å². The molecule has 4 aromatic heterocycles. The summed E-state index contributed by atoms with van der Waals surface area (Å²) in [6, 6.07) is 60.6. The molecular weight excluding hydrogens is 637 g/mol. The molecule has 0 saturated heterocycles. The Morgan fingerprint density at radius 3 is 1.62 bits per heavy atom. The van der Waals surface area contributed by atoms with Crippen molar-refractivity contribution in [2.75, 3.05) is 0 Å². The van der Waals surface area contributed by atoms with Crippen molar-refractivity contribution in [3.05, 3.63) is 170 Å². The number of hydrogen-bond acceptors (Lipinski definition) is 2. The van der Waals surface area contributed by atoms with Crippen LogP contribution in [-0.2, 0) is 0 Å². The topological polar surface area (TPSA) is 36.1 Å². The van der Waals surface area contributed by atoms with Gasteiger partial charge in [0.2, 0.25) is 0 Å². The third kappa shape index (κ3) is 3.70. The van der Waals surface area contributed by atoms with Crippen LogP contribution in [0, 0.1) is 0 Å². The molecule has 0 aliphatic carbocycles. The lowest BCUT2D eigenvalue weighted by Crippen LogP contribution is -1.95. The summed E-state index contributed by atoms with van der Waals surface area (Å²) in [5.41, 5.74) is 12.5. The molecule has 242 valence electrons. The van der Waals surface area contributed by atoms with Crippen molar-refractivity contribution < 1.29 is 8.83 Å². The fraction of sp³-hybridized carbons (Fsp3) is 0. The highest BCUT2D eigenvalue weighted by atomic mass is 16.3. The van der Waals surface area contributed by atoms with Gasteiger partial charge in [-0.15, -0.1) is 0 Å². The highest BCUT2D eigenvalue weighted by Crippen LogP contribution is 2.44. The highest BCUT2D eigenvalue weighted by molar-refractivity contribution is 6.23. The van der Waals surface area contributed by atoms with Crippen LogP contribution in [0.25, 0.3) is 110 Å². The number of furan rings is 2. The van der Waals surface area contributed by atoms with Gasteiger partial charge in [-0.3, -0.25) is 0 Å². The molecule has 8 aromatic carbocycles. The van der Waals surface area contributed by atoms with E-state index in [0.717, 1.165) is 82.6 Å². The van der Waals surface area contributed by atoms with Gasteiger partial charge in [0.25, 0.3) is 0 Å². The van der Waals surface area contributed by atoms with Gasteiger partial charge in [-0.05, 0) is 77.9 Å². The lowest BCUT2D eigenvalue weighted by Gasteiger charge is -2.10. The SMILES string of the molecule is c1ccc(-n2c3ccccc3c3cc(-c4ccc5c(c4)c4ccc6c7ccccc7oc6c4n5-c4cccc5c4oc4ccccc45)ccc32)cc1. The van der Waals surface area contributed by atoms with Gasteiger partial charge in [-0.2, -0.15) is 0 Å². The Morgan fingerprint density at radius 1 is 0.327 bits per heavy atom. The van der Waals surface area contributed by atoms with Gasteiger partial charge in [-0.1, -0.05) is 103 Å². The molecule has 0 spiro atoms. The van der Waals surface area contributed by atoms with E-state index in [1.54, 1.807) is 0 Å². The third-order valence-corrected chi connectivity index (χ3v) is 10.9. The first kappa shape index (κ1) is 27.7. The van der Waals surface area contributed by atoms with E-state index in [0.29, 0.717) is 0 Å². The second kappa shape index (κ2) is 10.3. The van der Waals surface area contributed by atoms with E-state index in [4.69, 9.17) is 8.83 Å². The molecule has 0 unspecified atom stereocenters. The van der Waals surface area contributed by atoms with Crippen molar-refractivity contribution in [1.29, 1.82) is 0 Å². The van der Waals surface area contributed by atoms with Gasteiger partial charge >= 0.3 is 0 Å². The summed E-state index contributed by atoms with van der Waals surface area (Å²) in [4.78, 5) is 0. The molecule has 0 N–H and O–H groups in total. The van der Waals surface area contributed by atoms with Crippen molar-refractivity contribution in [2.24, 2.45) is 0 Å². The molecule has 0 radical (unpaired) electrons. The first-order chi connectivity index (χ1) is 25.8. The van der Waals surface area contributed by atoms with Gasteiger partial charge < -0.3 is 18.0 Å². The monoisotopic (exact) mass is 664 g/mol. The van der Waals surface area contributed by atoms with Crippen LogP contribution in [-0.4, -0.2) is 9.13 Å². The fourth-order valence-corrected chi connectivity index (χ4v) is 8.63. The lowest BCUT2D eigenvalue weighted by molar-refractivity contribution is 0.665. The third-order valence-electron chi connectivity index (χ3n) is 10.9. The molecule has 0 fully saturated rings. The smallest absolute Gasteiger partial charge is 0.160 e. The highest BCUT2D eigenvalue weighted by Gasteiger charge is 2.22. The van der Waals surface area contributed by atoms with Crippen molar-refractivity contribution in [2.45, 2.75) is 0 Å². The number of benzene rings is 8. The maximum Gasteiger partial charge on any atom is 0.160 e. The Morgan fingerprint density at radius 2 is 0.865 bits per heavy atom. The molecule has 0 amide bonds. The Kier molecular flexibility index (Phi) is 5.47. The van der Waals surface area contributed by atoms with Crippen LogP contribution in [0.2, 0.25) is 0 Å². The second-order valence-corrected chi connectivity index (χ2v) is 13.7. The summed E-state index contributed by atoms with van der Waals surface area (Å²) in [7, 11) is 0. The number of nitrogens with zero attached hydrogens (tertiary/aromatic N) is 2. The Bertz CT molecular complexity index is 3410. The van der Waals surface area contributed by atoms with Crippen LogP contribution in [0.5, 0.6) is 0 Å². The van der Waals surface area contributed by atoms with Gasteiger partial charge in [0.1, 0.15) is 11.2 Å². The number of fused-ring (bicyclic) bond motifs is 13. The second-order valence-electron chi connectivity index (χ2n) is 13.7. The molecule has 0 aliphatic rings. The molecule has 4 heterocycles. The zero-order chi connectivity index (χ0) is 33.9. The quantitative estimate of drug-likeness (QED) is 0.188. The van der Waals surface area contributed by atoms with E-state index >= 15 is 0 Å². The Hall–Kier alpha value is -7.04. The molecule has 0 atom stereocenters. The number of aromatic nitrogens is 2. The first-order valence-corrected chi connectivity index (χ1v) is 17.7. The standard InChI is InChI=1S/C48H28N2O2/c1-2-11-31(12-3-1)49-40-17-7-4-13-32(40)38-27-29(21-25-41(38)49)30-22-26-42-39(28-30)35-23-24-37-34-15-6-9-20-45(34)52-48(37)46(35)50(42)43-18-10-16-36-33-14-5-8-19-44(33)51-47(36)43/h1-28H. The average Bonchev–Trinajstić information content (AvgIpc) is 3.95. The predicted octanol–water partition coefficient (Wildman–Crippen LogP) is 13.3. The van der Waals surface area contributed by atoms with Crippen molar-refractivity contribution in [1.82, 2.24) is 9.13 Å². The van der Waals surface area contributed by atoms with Crippen LogP contribution in [0.4, 0.5) is 0 Å². The minimum atomic E-state index is 0.861. The average molecular weight is 665 g/mol. The molecule has 0 aliphatic heterocycles. The molecular formula is C48H28N2O2. The predicted molar refractivity (Wildman–Crippen MR) is 215 cm³/mol. The summed E-state index contributed by atoms with van der Waals surface area (Å²) in [5, 5.41) is 9.20. The zero-order valence-corrected chi connectivity index (χ0v) is 27.9. The van der Waals surface area contributed by atoms with Crippen molar-refractivity contribution >= 4 is 87.5 Å². The van der Waals surface area contributed by atoms with E-state index in [1.807, 2.05) is 18.2 Å². The van der Waals surface area contributed by atoms with E-state index in [9.17, 15) is 0 Å². The summed E-state index contributed by atoms with van der Waals surface area (Å²) in [6.45, 7) is 0. The van der Waals surface area contributed by atoms with Gasteiger partial charge in [-0.25, -0.2) is 0 Å². The van der Waals surface area contributed by atoms with Crippen LogP contribution in [0.3, 0.4) is 0 Å². The Labute approximate surface area is 296 Å². The summed E-state index contributed by atoms with van der Waals surface area (Å²) in [5.74, 6) is 0. The first-order valence-electron chi connectivity index (χ1n) is 17.7. The maximum atomic E-state index is 6.72. The van der Waals surface area contributed by atoms with Crippen LogP contribution in [0.1, 0.15) is 0 Å². The van der Waals surface area contributed by atoms with Gasteiger partial charge in [0.15, 0.2) is 11.2 Å². The van der Waals surface area contributed by atoms with Gasteiger partial charge in [0, 0.05) is 48.8 Å². The molecule has 52 heavy (non-hydrogen) atoms. The van der Waals surface area contributed by atoms with Crippen LogP contribution in [0.15, 0.2) is 179 Å². The summed E-state index contributed by atoms with van der Waals surface area (Å²) in [6.07, 6.45) is 0. The molecule has 0 saturated carbocycles. The van der Waals surface area contributed by atoms with Crippen LogP contribution < -0.4 is 0 Å². The van der Waals surface area contributed by atoms with Crippen LogP contribution >= 0.6 is 0 Å². The molecule has 0 bridgehead atoms. The molecule has 12 aromatic rings. The van der Waals surface area contributed by atoms with E-state index < -0.39 is 0 Å². The number of para-hydroxylation sites is 5. The molecule has 12 rings (SSSR count). The largest absolute Gasteiger partial charge is 0.454 e. The van der Waals surface area contributed by atoms with E-state index in [-0.39, 0.29) is 0 Å². The lowest BCUT2D eigenvalue weighted by atomic mass is 10.0. The minimum absolute atomic E-state index is 0.861. The number of hydrogen-bond donors (Lipinski definition) is 0. The fourth-order valence-electron chi connectivity index (χ4n) is 8.63. The van der Waals surface area contributed by atoms with E-state index in [2.05, 4.69) is 161 Å². The van der Waals surface area contributed by atoms with Crippen molar-refractivity contribution in [3.8, 4) is 22.5 Å². The minimum Gasteiger partial charge on any atom is -0.454 e. The number of rotatable bonds is 3. The Balaban J connectivity index is 1.15. The summed E-state index contributed by atoms with van der Waals surface area (Å²) < 4.78 is 18.1. The molecule has 4 nitrogen and oxygen atoms in total. The maximum absolute atomic E-state index is 6.72.